The van der Waals surface area contributed by atoms with Crippen molar-refractivity contribution in [1.29, 1.82) is 0 Å². The van der Waals surface area contributed by atoms with E-state index in [1.807, 2.05) is 0 Å². The van der Waals surface area contributed by atoms with Crippen molar-refractivity contribution in [2.45, 2.75) is 50.6 Å². The smallest absolute Gasteiger partial charge is 0.323 e. The van der Waals surface area contributed by atoms with E-state index in [2.05, 4.69) is 0 Å². The molecule has 5 heteroatoms. The first-order valence-electron chi connectivity index (χ1n) is 9.45. The Bertz CT molecular complexity index is 690. The molecule has 5 nitrogen and oxygen atoms in total. The standard InChI is InChI=1S/C15H21NO4/c16-12(8-10-6-7-13(17)14(18)9-10)15(19)20-11-4-2-1-3-5-11/h6-7,9,11-12,17-18H,1-5,8,16H2/i6D,7D,8D2,9D,12D. The Morgan fingerprint density at radius 2 is 2.15 bits per heavy atom. The number of hydrogen-bond acceptors (Lipinski definition) is 5. The molecule has 110 valence electrons. The Kier molecular flexibility index (Phi) is 2.82. The largest absolute Gasteiger partial charge is 0.504 e. The van der Waals surface area contributed by atoms with E-state index >= 15 is 0 Å². The zero-order valence-electron chi connectivity index (χ0n) is 16.9. The van der Waals surface area contributed by atoms with Gasteiger partial charge in [0.15, 0.2) is 11.5 Å². The van der Waals surface area contributed by atoms with Crippen LogP contribution < -0.4 is 5.73 Å². The molecule has 1 unspecified atom stereocenters. The third-order valence-corrected chi connectivity index (χ3v) is 3.08. The molecule has 0 radical (unpaired) electrons. The molecule has 4 N–H and O–H groups in total. The molecule has 1 aromatic carbocycles. The van der Waals surface area contributed by atoms with Crippen molar-refractivity contribution >= 4 is 5.97 Å². The van der Waals surface area contributed by atoms with Crippen LogP contribution in [-0.4, -0.2) is 28.3 Å². The number of carbonyl (C=O) groups excluding carboxylic acids is 1. The third-order valence-electron chi connectivity index (χ3n) is 3.08. The molecule has 0 aromatic heterocycles. The number of rotatable bonds is 4. The number of phenolic OH excluding ortho intramolecular Hbond substituents is 2. The monoisotopic (exact) mass is 285 g/mol. The normalized spacial score (nSPS) is 24.2. The van der Waals surface area contributed by atoms with Gasteiger partial charge in [0.2, 0.25) is 0 Å². The number of hydrogen-bond donors (Lipinski definition) is 3. The fourth-order valence-electron chi connectivity index (χ4n) is 2.04. The average molecular weight is 285 g/mol. The molecule has 1 atom stereocenters. The molecule has 0 bridgehead atoms. The SMILES string of the molecule is [2H]c1c([2H])c(C([2H])([2H])C([2H])(N)C(=O)OC2CCCCC2)c([2H])c(O)c1O. The molecular formula is C15H21NO4. The Morgan fingerprint density at radius 1 is 1.45 bits per heavy atom. The Labute approximate surface area is 126 Å². The Hall–Kier alpha value is -1.75. The van der Waals surface area contributed by atoms with Crippen LogP contribution in [0.3, 0.4) is 0 Å². The van der Waals surface area contributed by atoms with Crippen molar-refractivity contribution in [3.8, 4) is 11.5 Å². The molecule has 0 amide bonds. The van der Waals surface area contributed by atoms with E-state index in [0.717, 1.165) is 19.3 Å². The highest BCUT2D eigenvalue weighted by Gasteiger charge is 2.22. The van der Waals surface area contributed by atoms with Crippen molar-refractivity contribution in [2.24, 2.45) is 5.73 Å². The minimum Gasteiger partial charge on any atom is -0.504 e. The molecule has 0 heterocycles. The van der Waals surface area contributed by atoms with E-state index < -0.39 is 59.7 Å². The molecule has 0 aliphatic heterocycles. The van der Waals surface area contributed by atoms with Crippen LogP contribution in [0.5, 0.6) is 11.5 Å². The van der Waals surface area contributed by atoms with Crippen molar-refractivity contribution in [1.82, 2.24) is 0 Å². The fraction of sp³-hybridized carbons (Fsp3) is 0.533. The van der Waals surface area contributed by atoms with Crippen molar-refractivity contribution < 1.29 is 28.0 Å². The third kappa shape index (κ3) is 3.87. The van der Waals surface area contributed by atoms with Crippen LogP contribution in [0.2, 0.25) is 0 Å². The summed E-state index contributed by atoms with van der Waals surface area (Å²) in [4.78, 5) is 12.4. The number of phenols is 2. The summed E-state index contributed by atoms with van der Waals surface area (Å²) in [7, 11) is 0. The minimum atomic E-state index is -3.13. The van der Waals surface area contributed by atoms with Gasteiger partial charge in [0.25, 0.3) is 0 Å². The first kappa shape index (κ1) is 8.52. The number of aromatic hydroxyl groups is 2. The van der Waals surface area contributed by atoms with E-state index in [-0.39, 0.29) is 0 Å². The maximum atomic E-state index is 12.4. The summed E-state index contributed by atoms with van der Waals surface area (Å²) >= 11 is 0. The summed E-state index contributed by atoms with van der Waals surface area (Å²) in [5, 5.41) is 19.2. The second-order valence-electron chi connectivity index (χ2n) is 4.65. The van der Waals surface area contributed by atoms with Gasteiger partial charge in [0, 0.05) is 2.74 Å². The van der Waals surface area contributed by atoms with Gasteiger partial charge >= 0.3 is 5.97 Å². The Balaban J connectivity index is 2.43. The summed E-state index contributed by atoms with van der Waals surface area (Å²) in [6.45, 7) is 0. The molecule has 0 spiro atoms. The van der Waals surface area contributed by atoms with E-state index in [4.69, 9.17) is 18.7 Å². The van der Waals surface area contributed by atoms with Crippen LogP contribution in [0, 0.1) is 0 Å². The van der Waals surface area contributed by atoms with E-state index in [1.54, 1.807) is 0 Å². The molecule has 1 aliphatic rings. The number of ether oxygens (including phenoxy) is 1. The average Bonchev–Trinajstić information content (AvgIpc) is 2.58. The van der Waals surface area contributed by atoms with Gasteiger partial charge in [-0.25, -0.2) is 0 Å². The fourth-order valence-corrected chi connectivity index (χ4v) is 2.04. The highest BCUT2D eigenvalue weighted by Crippen LogP contribution is 2.25. The lowest BCUT2D eigenvalue weighted by molar-refractivity contribution is -0.152. The van der Waals surface area contributed by atoms with Crippen LogP contribution in [0.4, 0.5) is 0 Å². The van der Waals surface area contributed by atoms with Gasteiger partial charge in [-0.2, -0.15) is 0 Å². The lowest BCUT2D eigenvalue weighted by atomic mass is 9.97. The number of esters is 1. The number of carbonyl (C=O) groups is 1. The van der Waals surface area contributed by atoms with Crippen LogP contribution >= 0.6 is 0 Å². The quantitative estimate of drug-likeness (QED) is 0.580. The number of nitrogens with two attached hydrogens (primary N) is 1. The van der Waals surface area contributed by atoms with Gasteiger partial charge in [-0.05, 0) is 49.7 Å². The molecule has 20 heavy (non-hydrogen) atoms. The maximum absolute atomic E-state index is 12.4. The summed E-state index contributed by atoms with van der Waals surface area (Å²) in [5.41, 5.74) is 4.67. The topological polar surface area (TPSA) is 92.8 Å². The zero-order chi connectivity index (χ0) is 19.9. The van der Waals surface area contributed by atoms with Gasteiger partial charge in [0.05, 0.1) is 5.48 Å². The second kappa shape index (κ2) is 6.61. The lowest BCUT2D eigenvalue weighted by Gasteiger charge is -2.23. The molecule has 1 aromatic rings. The molecule has 1 saturated carbocycles. The van der Waals surface area contributed by atoms with Gasteiger partial charge < -0.3 is 20.7 Å². The lowest BCUT2D eigenvalue weighted by Crippen LogP contribution is -2.37. The summed E-state index contributed by atoms with van der Waals surface area (Å²) in [5.74, 6) is -3.54. The zero-order valence-corrected chi connectivity index (χ0v) is 10.9. The number of benzene rings is 1. The van der Waals surface area contributed by atoms with Crippen LogP contribution in [0.25, 0.3) is 0 Å². The molecule has 1 fully saturated rings. The summed E-state index contributed by atoms with van der Waals surface area (Å²) in [6, 6.07) is -5.91. The van der Waals surface area contributed by atoms with E-state index in [1.165, 1.54) is 0 Å². The van der Waals surface area contributed by atoms with Gasteiger partial charge in [-0.3, -0.25) is 4.79 Å². The van der Waals surface area contributed by atoms with E-state index in [9.17, 15) is 15.0 Å². The van der Waals surface area contributed by atoms with Crippen molar-refractivity contribution in [3.05, 3.63) is 23.7 Å². The van der Waals surface area contributed by atoms with E-state index in [0.29, 0.717) is 12.8 Å². The highest BCUT2D eigenvalue weighted by molar-refractivity contribution is 5.76. The Morgan fingerprint density at radius 3 is 2.85 bits per heavy atom. The predicted molar refractivity (Wildman–Crippen MR) is 74.4 cm³/mol. The summed E-state index contributed by atoms with van der Waals surface area (Å²) < 4.78 is 52.5. The second-order valence-corrected chi connectivity index (χ2v) is 4.65. The maximum Gasteiger partial charge on any atom is 0.323 e. The highest BCUT2D eigenvalue weighted by atomic mass is 16.5. The van der Waals surface area contributed by atoms with Crippen LogP contribution in [0.15, 0.2) is 18.1 Å². The minimum absolute atomic E-state index is 0.480. The van der Waals surface area contributed by atoms with Crippen molar-refractivity contribution in [2.75, 3.05) is 0 Å². The molecular weight excluding hydrogens is 258 g/mol. The molecule has 0 saturated heterocycles. The van der Waals surface area contributed by atoms with Crippen molar-refractivity contribution in [3.63, 3.8) is 0 Å². The summed E-state index contributed by atoms with van der Waals surface area (Å²) in [6.07, 6.45) is 0.210. The first-order valence-corrected chi connectivity index (χ1v) is 6.45. The molecule has 2 rings (SSSR count). The van der Waals surface area contributed by atoms with Crippen LogP contribution in [-0.2, 0) is 15.9 Å². The van der Waals surface area contributed by atoms with Gasteiger partial charge in [-0.1, -0.05) is 12.5 Å². The van der Waals surface area contributed by atoms with Crippen LogP contribution in [0.1, 0.15) is 45.9 Å². The van der Waals surface area contributed by atoms with Gasteiger partial charge in [-0.15, -0.1) is 0 Å². The first-order chi connectivity index (χ1) is 11.9. The predicted octanol–water partition coefficient (Wildman–Crippen LogP) is 1.84. The molecule has 1 aliphatic carbocycles. The van der Waals surface area contributed by atoms with Gasteiger partial charge in [0.1, 0.15) is 12.1 Å².